The van der Waals surface area contributed by atoms with Crippen LogP contribution in [0.25, 0.3) is 0 Å². The fraction of sp³-hybridized carbons (Fsp3) is 0.750. The molecule has 0 aliphatic carbocycles. The molecular formula is C4H7OY-. The monoisotopic (exact) mass is 160 g/mol. The number of hydrogen-bond acceptors (Lipinski definition) is 1. The van der Waals surface area contributed by atoms with Crippen molar-refractivity contribution in [3.8, 4) is 0 Å². The summed E-state index contributed by atoms with van der Waals surface area (Å²) in [7, 11) is 0. The summed E-state index contributed by atoms with van der Waals surface area (Å²) in [4.78, 5) is 0. The van der Waals surface area contributed by atoms with E-state index in [1.54, 1.807) is 0 Å². The van der Waals surface area contributed by atoms with Gasteiger partial charge in [0.05, 0.1) is 0 Å². The summed E-state index contributed by atoms with van der Waals surface area (Å²) in [6.45, 7) is 3.95. The van der Waals surface area contributed by atoms with Crippen LogP contribution in [0.15, 0.2) is 0 Å². The van der Waals surface area contributed by atoms with Crippen molar-refractivity contribution in [2.75, 3.05) is 0 Å². The summed E-state index contributed by atoms with van der Waals surface area (Å²) in [5.74, 6) is 0. The topological polar surface area (TPSA) is 12.5 Å². The Hall–Kier alpha value is 1.06. The third-order valence-electron chi connectivity index (χ3n) is 0.731. The minimum absolute atomic E-state index is 0. The summed E-state index contributed by atoms with van der Waals surface area (Å²) in [6.07, 6.45) is 1.65. The average Bonchev–Trinajstić information content (AvgIpc) is 2.12. The molecule has 33 valence electrons. The van der Waals surface area contributed by atoms with Crippen molar-refractivity contribution in [2.45, 2.75) is 19.4 Å². The zero-order chi connectivity index (χ0) is 3.70. The van der Waals surface area contributed by atoms with Gasteiger partial charge < -0.3 is 4.74 Å². The fourth-order valence-electron chi connectivity index (χ4n) is 0.248. The predicted octanol–water partition coefficient (Wildman–Crippen LogP) is 0.954. The van der Waals surface area contributed by atoms with E-state index in [0.717, 1.165) is 6.42 Å². The molecule has 1 unspecified atom stereocenters. The Bertz CT molecular complexity index is 34.5. The van der Waals surface area contributed by atoms with Gasteiger partial charge in [-0.15, -0.1) is 0 Å². The van der Waals surface area contributed by atoms with E-state index in [-0.39, 0.29) is 32.7 Å². The van der Waals surface area contributed by atoms with Crippen molar-refractivity contribution in [2.24, 2.45) is 0 Å². The van der Waals surface area contributed by atoms with Crippen LogP contribution in [0.3, 0.4) is 0 Å². The number of epoxide rings is 1. The maximum Gasteiger partial charge on any atom is 0 e. The molecule has 1 fully saturated rings. The maximum absolute atomic E-state index is 4.73. The number of ether oxygens (including phenoxy) is 1. The summed E-state index contributed by atoms with van der Waals surface area (Å²) in [5.41, 5.74) is 0. The second-order valence-electron chi connectivity index (χ2n) is 1.22. The second kappa shape index (κ2) is 3.12. The van der Waals surface area contributed by atoms with Crippen LogP contribution in [0.2, 0.25) is 0 Å². The molecule has 1 heterocycles. The van der Waals surface area contributed by atoms with Crippen molar-refractivity contribution in [1.82, 2.24) is 0 Å². The number of rotatable bonds is 1. The Morgan fingerprint density at radius 3 is 2.33 bits per heavy atom. The summed E-state index contributed by atoms with van der Waals surface area (Å²) < 4.78 is 4.73. The molecule has 0 aromatic heterocycles. The third kappa shape index (κ3) is 2.27. The normalized spacial score (nSPS) is 28.5. The van der Waals surface area contributed by atoms with Gasteiger partial charge in [-0.25, -0.2) is 0 Å². The second-order valence-corrected chi connectivity index (χ2v) is 1.22. The van der Waals surface area contributed by atoms with Crippen molar-refractivity contribution < 1.29 is 37.4 Å². The van der Waals surface area contributed by atoms with Crippen molar-refractivity contribution in [3.63, 3.8) is 0 Å². The molecule has 1 rings (SSSR count). The molecule has 6 heavy (non-hydrogen) atoms. The van der Waals surface area contributed by atoms with Gasteiger partial charge in [0.15, 0.2) is 0 Å². The molecule has 0 aromatic carbocycles. The zero-order valence-corrected chi connectivity index (χ0v) is 6.69. The van der Waals surface area contributed by atoms with E-state index in [2.05, 4.69) is 6.92 Å². The van der Waals surface area contributed by atoms with Crippen LogP contribution in [0.1, 0.15) is 13.3 Å². The Labute approximate surface area is 63.3 Å². The fourth-order valence-corrected chi connectivity index (χ4v) is 0.248. The van der Waals surface area contributed by atoms with Gasteiger partial charge in [0.25, 0.3) is 0 Å². The van der Waals surface area contributed by atoms with Crippen LogP contribution in [0.4, 0.5) is 0 Å². The van der Waals surface area contributed by atoms with E-state index >= 15 is 0 Å². The average molecular weight is 160 g/mol. The molecule has 1 aliphatic rings. The van der Waals surface area contributed by atoms with Crippen molar-refractivity contribution in [1.29, 1.82) is 0 Å². The Morgan fingerprint density at radius 1 is 1.83 bits per heavy atom. The minimum atomic E-state index is 0. The van der Waals surface area contributed by atoms with E-state index in [1.807, 2.05) is 6.61 Å². The van der Waals surface area contributed by atoms with E-state index in [9.17, 15) is 0 Å². The molecule has 0 N–H and O–H groups in total. The van der Waals surface area contributed by atoms with E-state index in [0.29, 0.717) is 6.10 Å². The molecule has 2 heteroatoms. The van der Waals surface area contributed by atoms with E-state index < -0.39 is 0 Å². The molecule has 0 spiro atoms. The zero-order valence-electron chi connectivity index (χ0n) is 3.85. The molecule has 1 atom stereocenters. The Kier molecular flexibility index (Phi) is 3.67. The van der Waals surface area contributed by atoms with Crippen LogP contribution in [-0.2, 0) is 37.4 Å². The van der Waals surface area contributed by atoms with Crippen LogP contribution in [0.5, 0.6) is 0 Å². The molecule has 1 aliphatic heterocycles. The van der Waals surface area contributed by atoms with Gasteiger partial charge in [-0.3, -0.25) is 0 Å². The summed E-state index contributed by atoms with van der Waals surface area (Å²) in [5, 5.41) is 0. The molecule has 1 radical (unpaired) electrons. The standard InChI is InChI=1S/C4H7O.Y/c1-2-4-3-5-4;/h3-4H,2H2,1H3;/q-1;. The van der Waals surface area contributed by atoms with Gasteiger partial charge >= 0.3 is 0 Å². The van der Waals surface area contributed by atoms with Crippen molar-refractivity contribution in [3.05, 3.63) is 6.61 Å². The maximum atomic E-state index is 4.73. The summed E-state index contributed by atoms with van der Waals surface area (Å²) in [6, 6.07) is 0. The molecule has 0 saturated carbocycles. The van der Waals surface area contributed by atoms with Gasteiger partial charge in [-0.2, -0.15) is 6.61 Å². The molecule has 1 saturated heterocycles. The molecule has 0 amide bonds. The molecule has 1 nitrogen and oxygen atoms in total. The van der Waals surface area contributed by atoms with Crippen molar-refractivity contribution >= 4 is 0 Å². The Morgan fingerprint density at radius 2 is 2.33 bits per heavy atom. The molecule has 0 aromatic rings. The van der Waals surface area contributed by atoms with E-state index in [1.165, 1.54) is 0 Å². The van der Waals surface area contributed by atoms with Crippen LogP contribution in [-0.4, -0.2) is 6.10 Å². The van der Waals surface area contributed by atoms with Gasteiger partial charge in [0, 0.05) is 32.7 Å². The van der Waals surface area contributed by atoms with Crippen LogP contribution in [0, 0.1) is 6.61 Å². The first-order valence-corrected chi connectivity index (χ1v) is 1.92. The first-order chi connectivity index (χ1) is 2.43. The van der Waals surface area contributed by atoms with Gasteiger partial charge in [-0.1, -0.05) is 19.4 Å². The van der Waals surface area contributed by atoms with Gasteiger partial charge in [-0.05, 0) is 0 Å². The van der Waals surface area contributed by atoms with Gasteiger partial charge in [0.2, 0.25) is 0 Å². The SMILES string of the molecule is CCC1[CH-]O1.[Y]. The predicted molar refractivity (Wildman–Crippen MR) is 19.5 cm³/mol. The first-order valence-electron chi connectivity index (χ1n) is 1.92. The van der Waals surface area contributed by atoms with E-state index in [4.69, 9.17) is 4.74 Å². The molecular weight excluding hydrogens is 153 g/mol. The Balaban J connectivity index is 0.000000250. The summed E-state index contributed by atoms with van der Waals surface area (Å²) >= 11 is 0. The smallest absolute Gasteiger partial charge is 0 e. The third-order valence-corrected chi connectivity index (χ3v) is 0.731. The van der Waals surface area contributed by atoms with Crippen LogP contribution >= 0.6 is 0 Å². The minimum Gasteiger partial charge on any atom is -0.570 e. The largest absolute Gasteiger partial charge is 0.570 e. The quantitative estimate of drug-likeness (QED) is 0.411. The van der Waals surface area contributed by atoms with Crippen LogP contribution < -0.4 is 0 Å². The first kappa shape index (κ1) is 7.06. The molecule has 0 bridgehead atoms. The number of hydrogen-bond donors (Lipinski definition) is 0. The van der Waals surface area contributed by atoms with Gasteiger partial charge in [0.1, 0.15) is 0 Å².